The van der Waals surface area contributed by atoms with Gasteiger partial charge in [-0.1, -0.05) is 18.2 Å². The third-order valence-corrected chi connectivity index (χ3v) is 9.39. The van der Waals surface area contributed by atoms with Gasteiger partial charge in [0.2, 0.25) is 5.95 Å². The molecule has 0 radical (unpaired) electrons. The van der Waals surface area contributed by atoms with E-state index >= 15 is 4.39 Å². The Labute approximate surface area is 274 Å². The fourth-order valence-corrected chi connectivity index (χ4v) is 7.45. The molecule has 4 aromatic rings. The molecule has 7 rings (SSSR count). The molecule has 252 valence electrons. The maximum atomic E-state index is 15.7. The summed E-state index contributed by atoms with van der Waals surface area (Å²) in [5.74, 6) is -0.768. The Bertz CT molecular complexity index is 1860. The molecule has 48 heavy (non-hydrogen) atoms. The number of anilines is 1. The van der Waals surface area contributed by atoms with E-state index in [-0.39, 0.29) is 42.2 Å². The number of aliphatic carboxylic acids is 1. The Hall–Kier alpha value is -4.88. The van der Waals surface area contributed by atoms with Crippen molar-refractivity contribution in [2.75, 3.05) is 24.5 Å². The van der Waals surface area contributed by atoms with E-state index in [9.17, 15) is 23.5 Å². The Morgan fingerprint density at radius 1 is 1.02 bits per heavy atom. The number of aromatic nitrogens is 4. The molecule has 1 saturated heterocycles. The number of halogens is 3. The average molecular weight is 665 g/mol. The Morgan fingerprint density at radius 2 is 1.71 bits per heavy atom. The molecule has 2 fully saturated rings. The fourth-order valence-electron chi connectivity index (χ4n) is 7.45. The first-order chi connectivity index (χ1) is 22.9. The van der Waals surface area contributed by atoms with Gasteiger partial charge in [-0.25, -0.2) is 24.1 Å². The first kappa shape index (κ1) is 31.7. The molecule has 14 heteroatoms. The van der Waals surface area contributed by atoms with Crippen LogP contribution in [0.25, 0.3) is 22.2 Å². The number of rotatable bonds is 6. The second-order valence-electron chi connectivity index (χ2n) is 13.7. The number of carbonyl (C=O) groups excluding carboxylic acids is 1. The largest absolute Gasteiger partial charge is 0.481 e. The number of hydrogen-bond acceptors (Lipinski definition) is 8. The zero-order valence-corrected chi connectivity index (χ0v) is 26.6. The van der Waals surface area contributed by atoms with Crippen LogP contribution >= 0.6 is 0 Å². The number of nitrogens with zero attached hydrogens (tertiary/aromatic N) is 6. The topological polar surface area (TPSA) is 123 Å². The normalized spacial score (nSPS) is 22.2. The van der Waals surface area contributed by atoms with Crippen LogP contribution in [0.4, 0.5) is 23.9 Å². The molecule has 2 aromatic carbocycles. The van der Waals surface area contributed by atoms with Gasteiger partial charge in [0.05, 0.1) is 29.5 Å². The van der Waals surface area contributed by atoms with E-state index in [0.717, 1.165) is 12.8 Å². The third-order valence-electron chi connectivity index (χ3n) is 9.39. The first-order valence-corrected chi connectivity index (χ1v) is 15.9. The number of carbonyl (C=O) groups is 2. The van der Waals surface area contributed by atoms with Crippen molar-refractivity contribution in [3.63, 3.8) is 0 Å². The Balaban J connectivity index is 1.25. The van der Waals surface area contributed by atoms with Gasteiger partial charge in [-0.3, -0.25) is 9.69 Å². The molecule has 0 spiro atoms. The molecular formula is C34H35F3N6O5. The lowest BCUT2D eigenvalue weighted by Gasteiger charge is -2.36. The molecule has 1 unspecified atom stereocenters. The van der Waals surface area contributed by atoms with Crippen molar-refractivity contribution >= 4 is 29.0 Å². The number of para-hydroxylation sites is 1. The zero-order chi connectivity index (χ0) is 33.9. The first-order valence-electron chi connectivity index (χ1n) is 15.9. The highest BCUT2D eigenvalue weighted by atomic mass is 19.3. The van der Waals surface area contributed by atoms with Gasteiger partial charge in [0.25, 0.3) is 0 Å². The van der Waals surface area contributed by atoms with E-state index in [1.54, 1.807) is 57.4 Å². The van der Waals surface area contributed by atoms with E-state index < -0.39 is 36.1 Å². The summed E-state index contributed by atoms with van der Waals surface area (Å²) in [6, 6.07) is 8.57. The summed E-state index contributed by atoms with van der Waals surface area (Å²) in [6.45, 7) is 3.38. The van der Waals surface area contributed by atoms with Crippen molar-refractivity contribution in [2.45, 2.75) is 58.4 Å². The van der Waals surface area contributed by atoms with Gasteiger partial charge in [0.1, 0.15) is 23.0 Å². The molecule has 1 aliphatic carbocycles. The lowest BCUT2D eigenvalue weighted by Crippen LogP contribution is -2.45. The van der Waals surface area contributed by atoms with Gasteiger partial charge < -0.3 is 24.0 Å². The summed E-state index contributed by atoms with van der Waals surface area (Å²) in [7, 11) is 0. The highest BCUT2D eigenvalue weighted by Crippen LogP contribution is 2.43. The van der Waals surface area contributed by atoms with Crippen LogP contribution in [0.2, 0.25) is 0 Å². The van der Waals surface area contributed by atoms with Crippen LogP contribution in [-0.2, 0) is 16.1 Å². The van der Waals surface area contributed by atoms with Crippen LogP contribution < -0.4 is 9.64 Å². The minimum absolute atomic E-state index is 0.0350. The minimum Gasteiger partial charge on any atom is -0.481 e. The van der Waals surface area contributed by atoms with Crippen molar-refractivity contribution in [3.8, 4) is 16.9 Å². The number of piperidine rings is 1. The predicted molar refractivity (Wildman–Crippen MR) is 168 cm³/mol. The summed E-state index contributed by atoms with van der Waals surface area (Å²) in [5, 5.41) is 9.65. The number of benzene rings is 2. The van der Waals surface area contributed by atoms with Gasteiger partial charge in [0, 0.05) is 54.8 Å². The van der Waals surface area contributed by atoms with E-state index in [1.807, 2.05) is 9.47 Å². The molecule has 4 atom stereocenters. The number of carboxylic acid groups (broad SMARTS) is 1. The summed E-state index contributed by atoms with van der Waals surface area (Å²) in [5.41, 5.74) is 1.10. The highest BCUT2D eigenvalue weighted by Gasteiger charge is 2.46. The molecule has 1 saturated carbocycles. The van der Waals surface area contributed by atoms with E-state index in [0.29, 0.717) is 47.0 Å². The van der Waals surface area contributed by atoms with Gasteiger partial charge in [-0.05, 0) is 57.6 Å². The number of carboxylic acids is 1. The molecule has 1 amide bonds. The summed E-state index contributed by atoms with van der Waals surface area (Å²) in [4.78, 5) is 42.2. The third kappa shape index (κ3) is 5.88. The van der Waals surface area contributed by atoms with Crippen LogP contribution in [0.5, 0.6) is 5.75 Å². The molecule has 11 nitrogen and oxygen atoms in total. The Kier molecular flexibility index (Phi) is 7.91. The molecule has 2 aromatic heterocycles. The van der Waals surface area contributed by atoms with Crippen molar-refractivity contribution in [2.24, 2.45) is 17.8 Å². The number of alkyl halides is 2. The molecule has 4 heterocycles. The summed E-state index contributed by atoms with van der Waals surface area (Å²) >= 11 is 0. The monoisotopic (exact) mass is 664 g/mol. The van der Waals surface area contributed by atoms with Crippen LogP contribution in [0.1, 0.15) is 51.0 Å². The lowest BCUT2D eigenvalue weighted by atomic mass is 9.85. The second-order valence-corrected chi connectivity index (χ2v) is 13.7. The number of hydrogen-bond donors (Lipinski definition) is 1. The molecular weight excluding hydrogens is 629 g/mol. The van der Waals surface area contributed by atoms with Crippen molar-refractivity contribution in [1.29, 1.82) is 0 Å². The molecule has 2 bridgehead atoms. The van der Waals surface area contributed by atoms with E-state index in [4.69, 9.17) is 9.47 Å². The number of imidazole rings is 1. The van der Waals surface area contributed by atoms with Crippen LogP contribution in [0, 0.1) is 23.6 Å². The van der Waals surface area contributed by atoms with Crippen LogP contribution in [-0.4, -0.2) is 73.4 Å². The predicted octanol–water partition coefficient (Wildman–Crippen LogP) is 6.12. The quantitative estimate of drug-likeness (QED) is 0.260. The number of fused-ring (bicyclic) bond motifs is 5. The van der Waals surface area contributed by atoms with Crippen molar-refractivity contribution in [1.82, 2.24) is 24.4 Å². The summed E-state index contributed by atoms with van der Waals surface area (Å²) in [6.07, 6.45) is 4.19. The fraction of sp³-hybridized carbons (Fsp3) is 0.441. The molecule has 2 aliphatic heterocycles. The Morgan fingerprint density at radius 3 is 2.35 bits per heavy atom. The zero-order valence-electron chi connectivity index (χ0n) is 26.6. The minimum atomic E-state index is -3.07. The second kappa shape index (κ2) is 12.0. The van der Waals surface area contributed by atoms with E-state index in [1.165, 1.54) is 17.0 Å². The van der Waals surface area contributed by atoms with Gasteiger partial charge in [0.15, 0.2) is 0 Å². The maximum absolute atomic E-state index is 15.7. The van der Waals surface area contributed by atoms with Crippen molar-refractivity contribution < 1.29 is 37.3 Å². The lowest BCUT2D eigenvalue weighted by molar-refractivity contribution is -0.144. The van der Waals surface area contributed by atoms with Gasteiger partial charge in [-0.2, -0.15) is 8.78 Å². The smallest absolute Gasteiger partial charge is 0.410 e. The standard InChI is InChI=1S/C34H35F3N6O5/c1-34(2,3)48-33(46)42-16-26(21-6-4-5-7-27(21)47-31(36)37)43-25-10-22(23(35)11-24(25)40-28(43)17-42)20-12-38-32(39-13-20)41-14-18-8-9-19(15-41)29(18)30(44)45/h4-7,10-13,18-19,26,29,31H,8-9,14-17H2,1-3H3,(H,44,45)/t18-,19+,26-,29?/m1/s1. The van der Waals surface area contributed by atoms with E-state index in [2.05, 4.69) is 15.0 Å². The van der Waals surface area contributed by atoms with Gasteiger partial charge in [-0.15, -0.1) is 0 Å². The molecule has 3 aliphatic rings. The van der Waals surface area contributed by atoms with Crippen LogP contribution in [0.15, 0.2) is 48.8 Å². The number of amides is 1. The highest BCUT2D eigenvalue weighted by molar-refractivity contribution is 5.84. The maximum Gasteiger partial charge on any atom is 0.410 e. The molecule has 1 N–H and O–H groups in total. The SMILES string of the molecule is CC(C)(C)OC(=O)N1Cc2nc3cc(F)c(-c4cnc(N5C[C@H]6CC[C@@H](C5)C6C(=O)O)nc4)cc3n2[C@@H](c2ccccc2OC(F)F)C1. The average Bonchev–Trinajstić information content (AvgIpc) is 3.52. The summed E-state index contributed by atoms with van der Waals surface area (Å²) < 4.78 is 55.0. The van der Waals surface area contributed by atoms with Crippen molar-refractivity contribution in [3.05, 3.63) is 66.0 Å². The van der Waals surface area contributed by atoms with Crippen LogP contribution in [0.3, 0.4) is 0 Å². The number of ether oxygens (including phenoxy) is 2. The van der Waals surface area contributed by atoms with Gasteiger partial charge >= 0.3 is 18.7 Å².